The summed E-state index contributed by atoms with van der Waals surface area (Å²) in [5.74, 6) is 0. The van der Waals surface area contributed by atoms with Crippen molar-refractivity contribution in [2.45, 2.75) is 65.2 Å². The van der Waals surface area contributed by atoms with Gasteiger partial charge in [0.1, 0.15) is 0 Å². The van der Waals surface area contributed by atoms with Gasteiger partial charge in [-0.1, -0.05) is 485 Å². The molecule has 0 N–H and O–H groups in total. The zero-order valence-electron chi connectivity index (χ0n) is 83.9. The molecule has 147 heavy (non-hydrogen) atoms. The first-order chi connectivity index (χ1) is 69.8. The van der Waals surface area contributed by atoms with Gasteiger partial charge in [0.2, 0.25) is 0 Å². The molecular weight excluding hydrogens is 2110 g/mol. The van der Waals surface area contributed by atoms with E-state index in [9.17, 15) is 0 Å². The number of nitrogens with zero attached hydrogens (tertiary/aromatic N) is 8. The summed E-state index contributed by atoms with van der Waals surface area (Å²) in [6.07, 6.45) is 19.1. The molecule has 0 aliphatic carbocycles. The van der Waals surface area contributed by atoms with Crippen LogP contribution in [0.3, 0.4) is 0 Å². The molecule has 16 aromatic carbocycles. The van der Waals surface area contributed by atoms with E-state index >= 15 is 0 Å². The van der Waals surface area contributed by atoms with Crippen LogP contribution in [0.15, 0.2) is 485 Å². The summed E-state index contributed by atoms with van der Waals surface area (Å²) in [7, 11) is -5.00. The minimum Gasteiger partial charge on any atom is -1.00 e. The van der Waals surface area contributed by atoms with Crippen LogP contribution in [-0.4, -0.2) is 153 Å². The molecule has 3 heterocycles. The molecule has 0 unspecified atom stereocenters. The van der Waals surface area contributed by atoms with E-state index in [1.54, 1.807) is 0 Å². The Labute approximate surface area is 934 Å². The summed E-state index contributed by atoms with van der Waals surface area (Å²) in [5, 5.41) is 11.9. The Morgan fingerprint density at radius 3 is 0.306 bits per heavy atom. The van der Waals surface area contributed by atoms with E-state index in [4.69, 9.17) is 4.74 Å². The Bertz CT molecular complexity index is 4960. The molecule has 0 amide bonds. The number of ether oxygens (including phenoxy) is 1. The SMILES string of the molecule is C1CCOC1.[Cl-].[Cl-].[Cl-].[Cl-].[Cr+2].[Cr+2].c1ccc(CN2CP(c3ccccc3)CN(Cc3ccccc3)CP(c3ccccc3)CN(Cc3ccccc3)CP(c3ccccc3)CN(Cc3ccccc3)CP(c3ccccc3)C2)cc1.c1ccc(CN2CP(c3ccccc3)CN(Cc3ccccc3)CP(c3ccccc3)CN(Cc3ccccc3)CP(c3ccccc3)CN(Cc3ccccc3)CP(c3ccccc3)C2)cc1. The Morgan fingerprint density at radius 1 is 0.136 bits per heavy atom. The maximum atomic E-state index is 4.94. The predicted molar refractivity (Wildman–Crippen MR) is 618 cm³/mol. The molecule has 3 aliphatic rings. The first-order valence-corrected chi connectivity index (χ1v) is 63.6. The van der Waals surface area contributed by atoms with Crippen LogP contribution in [0.5, 0.6) is 0 Å². The largest absolute Gasteiger partial charge is 2.00 e. The zero-order valence-corrected chi connectivity index (χ0v) is 96.6. The van der Waals surface area contributed by atoms with Crippen molar-refractivity contribution in [2.24, 2.45) is 0 Å². The van der Waals surface area contributed by atoms with Crippen LogP contribution in [0.1, 0.15) is 57.3 Å². The van der Waals surface area contributed by atoms with Gasteiger partial charge in [-0.2, -0.15) is 0 Å². The predicted octanol–water partition coefficient (Wildman–Crippen LogP) is 14.6. The van der Waals surface area contributed by atoms with Crippen LogP contribution in [0, 0.1) is 0 Å². The first-order valence-electron chi connectivity index (χ1n) is 49.9. The molecule has 0 spiro atoms. The van der Waals surface area contributed by atoms with Gasteiger partial charge < -0.3 is 54.4 Å². The van der Waals surface area contributed by atoms with Crippen molar-refractivity contribution in [3.8, 4) is 0 Å². The fourth-order valence-electron chi connectivity index (χ4n) is 19.0. The third-order valence-corrected chi connectivity index (χ3v) is 45.8. The van der Waals surface area contributed by atoms with E-state index in [1.165, 1.54) is 99.8 Å². The molecule has 0 aromatic heterocycles. The topological polar surface area (TPSA) is 35.2 Å². The van der Waals surface area contributed by atoms with Crippen LogP contribution in [0.2, 0.25) is 0 Å². The van der Waals surface area contributed by atoms with Crippen molar-refractivity contribution in [3.63, 3.8) is 0 Å². The first kappa shape index (κ1) is 120. The van der Waals surface area contributed by atoms with E-state index in [0.717, 1.165) is 166 Å². The molecule has 0 atom stereocenters. The summed E-state index contributed by atoms with van der Waals surface area (Å²) in [6, 6.07) is 182. The summed E-state index contributed by atoms with van der Waals surface area (Å²) >= 11 is 0. The third-order valence-electron chi connectivity index (χ3n) is 25.7. The fraction of sp³-hybridized carbons (Fsp3) is 0.226. The molecule has 0 saturated carbocycles. The molecule has 3 aliphatic heterocycles. The van der Waals surface area contributed by atoms with Crippen LogP contribution in [0.4, 0.5) is 0 Å². The van der Waals surface area contributed by atoms with Gasteiger partial charge >= 0.3 is 34.7 Å². The zero-order chi connectivity index (χ0) is 95.5. The molecule has 16 aromatic rings. The normalized spacial score (nSPS) is 19.2. The van der Waals surface area contributed by atoms with Crippen molar-refractivity contribution in [1.29, 1.82) is 0 Å². The standard InChI is InChI=1S/2C60H64N4P4.C4H8O.4ClH.2Cr/c2*1-9-25-53(26-10-1)41-61-45-65(57-33-17-5-18-34-57)47-62(42-54-27-11-2-12-28-54)49-67(59-37-21-7-22-38-59)51-64(44-56-31-15-4-16-32-56)52-68(60-39-23-8-24-40-60)50-63(43-55-29-13-3-14-30-55)48-66(46-61)58-35-19-6-20-36-58;1-2-4-5-3-1;;;;;;/h2*1-40H,41-52H2;1-4H2;4*1H;;/q;;;;;;;2*+2/p-4. The van der Waals surface area contributed by atoms with Gasteiger partial charge in [-0.25, -0.2) is 0 Å². The Kier molecular flexibility index (Phi) is 55.0. The molecule has 19 rings (SSSR count). The second-order valence-corrected chi connectivity index (χ2v) is 54.4. The number of hydrogen-bond acceptors (Lipinski definition) is 9. The van der Waals surface area contributed by atoms with Crippen LogP contribution in [-0.2, 0) is 91.8 Å². The molecule has 3 fully saturated rings. The third kappa shape index (κ3) is 40.3. The second kappa shape index (κ2) is 67.4. The number of hydrogen-bond donors (Lipinski definition) is 0. The van der Waals surface area contributed by atoms with Gasteiger partial charge in [-0.15, -0.1) is 0 Å². The average molecular weight is 2250 g/mol. The van der Waals surface area contributed by atoms with Gasteiger partial charge in [0, 0.05) is 166 Å². The van der Waals surface area contributed by atoms with Gasteiger partial charge in [0.15, 0.2) is 0 Å². The van der Waals surface area contributed by atoms with Crippen molar-refractivity contribution < 1.29 is 89.1 Å². The van der Waals surface area contributed by atoms with Crippen molar-refractivity contribution in [1.82, 2.24) is 39.2 Å². The van der Waals surface area contributed by atoms with E-state index < -0.39 is 63.4 Å². The monoisotopic (exact) mass is 2240 g/mol. The maximum Gasteiger partial charge on any atom is 2.00 e. The number of benzene rings is 16. The minimum atomic E-state index is -0.625. The quantitative estimate of drug-likeness (QED) is 0.0550. The van der Waals surface area contributed by atoms with Gasteiger partial charge in [-0.3, -0.25) is 39.2 Å². The number of rotatable bonds is 24. The Hall–Kier alpha value is -7.18. The second-order valence-electron chi connectivity index (χ2n) is 37.1. The van der Waals surface area contributed by atoms with Gasteiger partial charge in [0.05, 0.1) is 0 Å². The Morgan fingerprint density at radius 2 is 0.224 bits per heavy atom. The molecule has 23 heteroatoms. The van der Waals surface area contributed by atoms with Gasteiger partial charge in [0.25, 0.3) is 0 Å². The van der Waals surface area contributed by atoms with E-state index in [-0.39, 0.29) is 84.4 Å². The van der Waals surface area contributed by atoms with E-state index in [0.29, 0.717) is 0 Å². The minimum absolute atomic E-state index is 0. The van der Waals surface area contributed by atoms with Crippen molar-refractivity contribution in [3.05, 3.63) is 530 Å². The fourth-order valence-corrected chi connectivity index (χ4v) is 39.3. The summed E-state index contributed by atoms with van der Waals surface area (Å²) in [5.41, 5.74) is 11.1. The maximum absolute atomic E-state index is 4.94. The number of halogens is 4. The average Bonchev–Trinajstić information content (AvgIpc) is 0.945. The van der Waals surface area contributed by atoms with Crippen LogP contribution < -0.4 is 92.1 Å². The smallest absolute Gasteiger partial charge is 1.00 e. The molecule has 758 valence electrons. The van der Waals surface area contributed by atoms with Crippen molar-refractivity contribution in [2.75, 3.05) is 114 Å². The van der Waals surface area contributed by atoms with Gasteiger partial charge in [-0.05, 0) is 163 Å². The van der Waals surface area contributed by atoms with E-state index in [2.05, 4.69) is 525 Å². The van der Waals surface area contributed by atoms with Crippen LogP contribution in [0.25, 0.3) is 0 Å². The van der Waals surface area contributed by atoms with E-state index in [1.807, 2.05) is 0 Å². The summed E-state index contributed by atoms with van der Waals surface area (Å²) < 4.78 is 4.94. The molecule has 3 saturated heterocycles. The molecule has 9 nitrogen and oxygen atoms in total. The Balaban J connectivity index is 0.000000256. The summed E-state index contributed by atoms with van der Waals surface area (Å²) in [6.45, 7) is 9.42. The molecule has 0 bridgehead atoms. The molecule has 0 radical (unpaired) electrons. The molecular formula is C124H136Cl4Cr2N8OP8. The van der Waals surface area contributed by atoms with Crippen LogP contribution >= 0.6 is 63.4 Å². The van der Waals surface area contributed by atoms with Crippen molar-refractivity contribution >= 4 is 106 Å². The summed E-state index contributed by atoms with van der Waals surface area (Å²) in [4.78, 5) is 22.9.